The van der Waals surface area contributed by atoms with Gasteiger partial charge in [0, 0.05) is 29.2 Å². The molecule has 1 saturated carbocycles. The highest BCUT2D eigenvalue weighted by molar-refractivity contribution is 7.15. The van der Waals surface area contributed by atoms with Gasteiger partial charge in [-0.2, -0.15) is 0 Å². The summed E-state index contributed by atoms with van der Waals surface area (Å²) < 4.78 is 13.8. The Morgan fingerprint density at radius 1 is 1.44 bits per heavy atom. The highest BCUT2D eigenvalue weighted by atomic mass is 32.1. The van der Waals surface area contributed by atoms with Gasteiger partial charge in [-0.05, 0) is 37.5 Å². The molecule has 1 heterocycles. The number of nitrogens with zero attached hydrogens (tertiary/aromatic N) is 1. The van der Waals surface area contributed by atoms with Gasteiger partial charge in [0.15, 0.2) is 0 Å². The van der Waals surface area contributed by atoms with Crippen molar-refractivity contribution in [2.24, 2.45) is 0 Å². The quantitative estimate of drug-likeness (QED) is 0.912. The van der Waals surface area contributed by atoms with Crippen molar-refractivity contribution in [3.8, 4) is 10.6 Å². The minimum absolute atomic E-state index is 0.189. The van der Waals surface area contributed by atoms with Crippen molar-refractivity contribution in [2.45, 2.75) is 32.4 Å². The minimum Gasteiger partial charge on any atom is -0.309 e. The molecule has 1 aliphatic rings. The SMILES string of the molecule is Cc1ccc(-c2ncc(CNC3CC3)s2)c(F)c1. The van der Waals surface area contributed by atoms with E-state index < -0.39 is 0 Å². The van der Waals surface area contributed by atoms with E-state index in [0.29, 0.717) is 11.6 Å². The summed E-state index contributed by atoms with van der Waals surface area (Å²) in [4.78, 5) is 5.48. The lowest BCUT2D eigenvalue weighted by molar-refractivity contribution is 0.630. The van der Waals surface area contributed by atoms with Gasteiger partial charge in [-0.3, -0.25) is 0 Å². The summed E-state index contributed by atoms with van der Waals surface area (Å²) in [6.07, 6.45) is 4.39. The second-order valence-corrected chi connectivity index (χ2v) is 5.89. The van der Waals surface area contributed by atoms with Gasteiger partial charge in [0.2, 0.25) is 0 Å². The molecule has 0 atom stereocenters. The number of aromatic nitrogens is 1. The lowest BCUT2D eigenvalue weighted by atomic mass is 10.1. The van der Waals surface area contributed by atoms with Crippen LogP contribution in [0.15, 0.2) is 24.4 Å². The molecule has 2 aromatic rings. The third-order valence-corrected chi connectivity index (χ3v) is 4.08. The highest BCUT2D eigenvalue weighted by Crippen LogP contribution is 2.28. The first-order valence-electron chi connectivity index (χ1n) is 6.17. The van der Waals surface area contributed by atoms with Gasteiger partial charge in [-0.25, -0.2) is 9.37 Å². The average Bonchev–Trinajstić information content (AvgIpc) is 3.05. The molecule has 1 aliphatic carbocycles. The van der Waals surface area contributed by atoms with Crippen LogP contribution in [0.5, 0.6) is 0 Å². The Balaban J connectivity index is 1.78. The minimum atomic E-state index is -0.189. The molecule has 0 bridgehead atoms. The Morgan fingerprint density at radius 3 is 3.00 bits per heavy atom. The van der Waals surface area contributed by atoms with Crippen molar-refractivity contribution >= 4 is 11.3 Å². The molecule has 0 amide bonds. The molecule has 0 radical (unpaired) electrons. The van der Waals surface area contributed by atoms with Crippen molar-refractivity contribution in [3.63, 3.8) is 0 Å². The van der Waals surface area contributed by atoms with E-state index in [9.17, 15) is 4.39 Å². The molecule has 3 rings (SSSR count). The largest absolute Gasteiger partial charge is 0.309 e. The maximum absolute atomic E-state index is 13.8. The van der Waals surface area contributed by atoms with Crippen molar-refractivity contribution in [3.05, 3.63) is 40.7 Å². The monoisotopic (exact) mass is 262 g/mol. The smallest absolute Gasteiger partial charge is 0.133 e. The highest BCUT2D eigenvalue weighted by Gasteiger charge is 2.20. The molecule has 0 unspecified atom stereocenters. The van der Waals surface area contributed by atoms with Crippen molar-refractivity contribution in [1.29, 1.82) is 0 Å². The Bertz CT molecular complexity index is 561. The first kappa shape index (κ1) is 11.8. The normalized spacial score (nSPS) is 15.0. The first-order chi connectivity index (χ1) is 8.72. The Hall–Kier alpha value is -1.26. The molecule has 0 saturated heterocycles. The van der Waals surface area contributed by atoms with Crippen LogP contribution in [0, 0.1) is 12.7 Å². The zero-order chi connectivity index (χ0) is 12.5. The van der Waals surface area contributed by atoms with E-state index in [0.717, 1.165) is 22.0 Å². The fourth-order valence-electron chi connectivity index (χ4n) is 1.84. The van der Waals surface area contributed by atoms with Crippen LogP contribution in [0.3, 0.4) is 0 Å². The standard InChI is InChI=1S/C14H15FN2S/c1-9-2-5-12(13(15)6-9)14-17-8-11(18-14)7-16-10-3-4-10/h2,5-6,8,10,16H,3-4,7H2,1H3. The molecular formula is C14H15FN2S. The Labute approximate surface area is 110 Å². The summed E-state index contributed by atoms with van der Waals surface area (Å²) in [5.41, 5.74) is 1.53. The summed E-state index contributed by atoms with van der Waals surface area (Å²) in [7, 11) is 0. The Morgan fingerprint density at radius 2 is 2.28 bits per heavy atom. The number of nitrogens with one attached hydrogen (secondary N) is 1. The second-order valence-electron chi connectivity index (χ2n) is 4.77. The number of thiazole rings is 1. The number of hydrogen-bond acceptors (Lipinski definition) is 3. The predicted molar refractivity (Wildman–Crippen MR) is 72.1 cm³/mol. The second kappa shape index (κ2) is 4.78. The molecule has 1 aromatic heterocycles. The topological polar surface area (TPSA) is 24.9 Å². The van der Waals surface area contributed by atoms with Crippen molar-refractivity contribution in [1.82, 2.24) is 10.3 Å². The maximum Gasteiger partial charge on any atom is 0.133 e. The van der Waals surface area contributed by atoms with Gasteiger partial charge in [-0.15, -0.1) is 11.3 Å². The van der Waals surface area contributed by atoms with Gasteiger partial charge in [0.05, 0.1) is 0 Å². The van der Waals surface area contributed by atoms with Crippen LogP contribution in [0.25, 0.3) is 10.6 Å². The van der Waals surface area contributed by atoms with E-state index in [2.05, 4.69) is 10.3 Å². The van der Waals surface area contributed by atoms with Gasteiger partial charge in [0.25, 0.3) is 0 Å². The van der Waals surface area contributed by atoms with E-state index in [-0.39, 0.29) is 5.82 Å². The number of halogens is 1. The van der Waals surface area contributed by atoms with Gasteiger partial charge in [0.1, 0.15) is 10.8 Å². The number of benzene rings is 1. The van der Waals surface area contributed by atoms with E-state index in [1.807, 2.05) is 25.3 Å². The molecule has 4 heteroatoms. The van der Waals surface area contributed by atoms with Crippen LogP contribution in [-0.4, -0.2) is 11.0 Å². The fraction of sp³-hybridized carbons (Fsp3) is 0.357. The molecule has 1 N–H and O–H groups in total. The Kier molecular flexibility index (Phi) is 3.14. The summed E-state index contributed by atoms with van der Waals surface area (Å²) >= 11 is 1.56. The van der Waals surface area contributed by atoms with Crippen LogP contribution < -0.4 is 5.32 Å². The summed E-state index contributed by atoms with van der Waals surface area (Å²) in [6.45, 7) is 2.73. The third-order valence-electron chi connectivity index (χ3n) is 3.05. The maximum atomic E-state index is 13.8. The van der Waals surface area contributed by atoms with E-state index in [1.54, 1.807) is 17.4 Å². The molecule has 18 heavy (non-hydrogen) atoms. The van der Waals surface area contributed by atoms with E-state index >= 15 is 0 Å². The van der Waals surface area contributed by atoms with E-state index in [4.69, 9.17) is 0 Å². The molecule has 94 valence electrons. The van der Waals surface area contributed by atoms with Crippen molar-refractivity contribution in [2.75, 3.05) is 0 Å². The van der Waals surface area contributed by atoms with Crippen LogP contribution in [0.2, 0.25) is 0 Å². The molecule has 0 spiro atoms. The first-order valence-corrected chi connectivity index (χ1v) is 6.98. The zero-order valence-corrected chi connectivity index (χ0v) is 11.1. The van der Waals surface area contributed by atoms with Crippen LogP contribution in [0.4, 0.5) is 4.39 Å². The average molecular weight is 262 g/mol. The predicted octanol–water partition coefficient (Wildman–Crippen LogP) is 3.51. The number of hydrogen-bond donors (Lipinski definition) is 1. The van der Waals surface area contributed by atoms with Crippen LogP contribution in [0.1, 0.15) is 23.3 Å². The molecule has 1 fully saturated rings. The summed E-state index contributed by atoms with van der Waals surface area (Å²) in [5, 5.41) is 4.20. The lowest BCUT2D eigenvalue weighted by Crippen LogP contribution is -2.14. The van der Waals surface area contributed by atoms with Crippen LogP contribution >= 0.6 is 11.3 Å². The van der Waals surface area contributed by atoms with Gasteiger partial charge < -0.3 is 5.32 Å². The zero-order valence-electron chi connectivity index (χ0n) is 10.2. The summed E-state index contributed by atoms with van der Waals surface area (Å²) in [6, 6.07) is 5.97. The lowest BCUT2D eigenvalue weighted by Gasteiger charge is -2.00. The van der Waals surface area contributed by atoms with Gasteiger partial charge >= 0.3 is 0 Å². The van der Waals surface area contributed by atoms with E-state index in [1.165, 1.54) is 12.8 Å². The summed E-state index contributed by atoms with van der Waals surface area (Å²) in [5.74, 6) is -0.189. The van der Waals surface area contributed by atoms with Gasteiger partial charge in [-0.1, -0.05) is 6.07 Å². The molecule has 1 aromatic carbocycles. The third kappa shape index (κ3) is 2.60. The molecule has 2 nitrogen and oxygen atoms in total. The fourth-order valence-corrected chi connectivity index (χ4v) is 2.73. The number of aryl methyl sites for hydroxylation is 1. The van der Waals surface area contributed by atoms with Crippen LogP contribution in [-0.2, 0) is 6.54 Å². The number of rotatable bonds is 4. The van der Waals surface area contributed by atoms with Crippen molar-refractivity contribution < 1.29 is 4.39 Å². The molecule has 0 aliphatic heterocycles. The molecular weight excluding hydrogens is 247 g/mol.